The van der Waals surface area contributed by atoms with Gasteiger partial charge in [0.05, 0.1) is 18.1 Å². The molecule has 1 saturated carbocycles. The average molecular weight is 538 g/mol. The Morgan fingerprint density at radius 1 is 1.13 bits per heavy atom. The molecule has 210 valence electrons. The topological polar surface area (TPSA) is 145 Å². The number of ether oxygens (including phenoxy) is 1. The first-order chi connectivity index (χ1) is 18.8. The number of primary amides is 1. The van der Waals surface area contributed by atoms with Crippen molar-refractivity contribution in [1.82, 2.24) is 9.80 Å². The van der Waals surface area contributed by atoms with Crippen LogP contribution in [0.3, 0.4) is 0 Å². The van der Waals surface area contributed by atoms with E-state index >= 15 is 0 Å². The molecule has 2 N–H and O–H groups in total. The molecule has 4 aliphatic rings. The molecule has 0 spiro atoms. The molecule has 0 bridgehead atoms. The minimum absolute atomic E-state index is 0.0202. The first-order valence-corrected chi connectivity index (χ1v) is 14.2. The Bertz CT molecular complexity index is 1150. The Morgan fingerprint density at radius 2 is 1.85 bits per heavy atom. The van der Waals surface area contributed by atoms with E-state index in [0.29, 0.717) is 17.2 Å². The molecule has 1 aromatic rings. The van der Waals surface area contributed by atoms with E-state index in [1.54, 1.807) is 11.0 Å². The summed E-state index contributed by atoms with van der Waals surface area (Å²) in [5.41, 5.74) is 16.9. The highest BCUT2D eigenvalue weighted by Crippen LogP contribution is 2.42. The zero-order chi connectivity index (χ0) is 27.7. The van der Waals surface area contributed by atoms with Crippen LogP contribution >= 0.6 is 0 Å². The lowest BCUT2D eigenvalue weighted by Gasteiger charge is -2.39. The fourth-order valence-corrected chi connectivity index (χ4v) is 6.99. The number of anilines is 1. The van der Waals surface area contributed by atoms with E-state index in [0.717, 1.165) is 64.0 Å². The predicted octanol–water partition coefficient (Wildman–Crippen LogP) is 2.84. The molecule has 11 heteroatoms. The summed E-state index contributed by atoms with van der Waals surface area (Å²) < 4.78 is 5.66. The van der Waals surface area contributed by atoms with E-state index in [9.17, 15) is 14.4 Å². The smallest absolute Gasteiger partial charge is 0.249 e. The largest absolute Gasteiger partial charge is 0.369 e. The maximum Gasteiger partial charge on any atom is 0.249 e. The van der Waals surface area contributed by atoms with E-state index in [4.69, 9.17) is 16.0 Å². The summed E-state index contributed by atoms with van der Waals surface area (Å²) in [4.78, 5) is 49.2. The predicted molar refractivity (Wildman–Crippen MR) is 146 cm³/mol. The normalized spacial score (nSPS) is 26.9. The molecule has 1 aliphatic carbocycles. The van der Waals surface area contributed by atoms with Crippen molar-refractivity contribution >= 4 is 23.3 Å². The monoisotopic (exact) mass is 537 g/mol. The van der Waals surface area contributed by atoms with Gasteiger partial charge in [0.15, 0.2) is 5.78 Å². The lowest BCUT2D eigenvalue weighted by molar-refractivity contribution is -0.139. The van der Waals surface area contributed by atoms with Crippen LogP contribution in [0.15, 0.2) is 23.3 Å². The maximum absolute atomic E-state index is 14.5. The Kier molecular flexibility index (Phi) is 8.11. The number of piperazine rings is 1. The average Bonchev–Trinajstić information content (AvgIpc) is 3.50. The van der Waals surface area contributed by atoms with Crippen LogP contribution in [0.1, 0.15) is 67.8 Å². The first-order valence-electron chi connectivity index (χ1n) is 14.2. The van der Waals surface area contributed by atoms with Gasteiger partial charge in [-0.1, -0.05) is 24.4 Å². The second kappa shape index (κ2) is 11.5. The van der Waals surface area contributed by atoms with Gasteiger partial charge >= 0.3 is 0 Å². The Morgan fingerprint density at radius 3 is 2.49 bits per heavy atom. The van der Waals surface area contributed by atoms with Crippen LogP contribution in [0.2, 0.25) is 0 Å². The molecule has 3 aliphatic heterocycles. The molecule has 5 rings (SSSR count). The quantitative estimate of drug-likeness (QED) is 0.322. The van der Waals surface area contributed by atoms with E-state index in [-0.39, 0.29) is 30.8 Å². The Hall–Kier alpha value is -3.14. The van der Waals surface area contributed by atoms with Gasteiger partial charge in [-0.25, -0.2) is 0 Å². The molecule has 39 heavy (non-hydrogen) atoms. The summed E-state index contributed by atoms with van der Waals surface area (Å²) >= 11 is 0. The summed E-state index contributed by atoms with van der Waals surface area (Å²) in [6, 6.07) is 4.74. The Balaban J connectivity index is 1.52. The van der Waals surface area contributed by atoms with Crippen molar-refractivity contribution in [2.75, 3.05) is 44.2 Å². The number of ketones is 1. The second-order valence-corrected chi connectivity index (χ2v) is 11.6. The molecule has 0 radical (unpaired) electrons. The summed E-state index contributed by atoms with van der Waals surface area (Å²) in [5, 5.41) is 3.84. The van der Waals surface area contributed by atoms with Crippen LogP contribution in [-0.2, 0) is 14.3 Å². The molecular formula is C28H39N7O4. The lowest BCUT2D eigenvalue weighted by Crippen LogP contribution is -2.49. The van der Waals surface area contributed by atoms with Crippen LogP contribution in [-0.4, -0.2) is 91.0 Å². The van der Waals surface area contributed by atoms with Gasteiger partial charge in [0.25, 0.3) is 0 Å². The summed E-state index contributed by atoms with van der Waals surface area (Å²) in [7, 11) is 0. The zero-order valence-corrected chi connectivity index (χ0v) is 22.9. The number of fused-ring (bicyclic) bond motifs is 1. The van der Waals surface area contributed by atoms with Gasteiger partial charge in [-0.2, -0.15) is 0 Å². The van der Waals surface area contributed by atoms with Crippen molar-refractivity contribution in [1.29, 1.82) is 0 Å². The number of carbonyl (C=O) groups excluding carboxylic acids is 3. The van der Waals surface area contributed by atoms with Crippen LogP contribution < -0.4 is 10.6 Å². The van der Waals surface area contributed by atoms with Crippen LogP contribution in [0.25, 0.3) is 10.4 Å². The fourth-order valence-electron chi connectivity index (χ4n) is 6.99. The van der Waals surface area contributed by atoms with E-state index in [1.165, 1.54) is 0 Å². The van der Waals surface area contributed by atoms with Gasteiger partial charge < -0.3 is 20.3 Å². The highest BCUT2D eigenvalue weighted by Gasteiger charge is 2.53. The molecule has 0 unspecified atom stereocenters. The molecule has 1 aromatic carbocycles. The van der Waals surface area contributed by atoms with Gasteiger partial charge in [0.2, 0.25) is 11.8 Å². The molecular weight excluding hydrogens is 498 g/mol. The molecule has 0 aromatic heterocycles. The van der Waals surface area contributed by atoms with Crippen molar-refractivity contribution in [2.24, 2.45) is 16.8 Å². The summed E-state index contributed by atoms with van der Waals surface area (Å²) in [6.45, 7) is 8.00. The third-order valence-electron chi connectivity index (χ3n) is 9.07. The number of likely N-dealkylation sites (tertiary alicyclic amines) is 1. The number of nitrogens with zero attached hydrogens (tertiary/aromatic N) is 6. The summed E-state index contributed by atoms with van der Waals surface area (Å²) in [5.74, 6) is -1.56. The maximum atomic E-state index is 14.5. The van der Waals surface area contributed by atoms with E-state index in [1.807, 2.05) is 12.1 Å². The number of nitrogens with two attached hydrogens (primary N) is 1. The van der Waals surface area contributed by atoms with Crippen molar-refractivity contribution in [3.05, 3.63) is 39.8 Å². The molecule has 2 amide bonds. The standard InChI is InChI=1S/C28H39N7O4/c1-17(2)33-10-12-34(13-11-33)19-8-9-20(27(29)37)21(14-19)24(18-6-4-3-5-7-18)28(38)35-15-22(31-32-30)26-25(35)23(36)16-39-26/h8-9,14,17-18,22,24-26H,3-7,10-13,15-16H2,1-2H3,(H2,29,37)/t22-,24+,25-,26-/m1/s1. The molecule has 4 fully saturated rings. The molecule has 11 nitrogen and oxygen atoms in total. The van der Waals surface area contributed by atoms with Gasteiger partial charge in [-0.05, 0) is 61.9 Å². The van der Waals surface area contributed by atoms with Crippen molar-refractivity contribution < 1.29 is 19.1 Å². The third-order valence-corrected chi connectivity index (χ3v) is 9.07. The number of hydrogen-bond acceptors (Lipinski definition) is 7. The highest BCUT2D eigenvalue weighted by atomic mass is 16.5. The number of benzene rings is 1. The minimum atomic E-state index is -0.775. The number of hydrogen-bond donors (Lipinski definition) is 1. The number of carbonyl (C=O) groups is 3. The van der Waals surface area contributed by atoms with Gasteiger partial charge in [-0.3, -0.25) is 19.3 Å². The van der Waals surface area contributed by atoms with Gasteiger partial charge in [0, 0.05) is 54.9 Å². The summed E-state index contributed by atoms with van der Waals surface area (Å²) in [6.07, 6.45) is 4.21. The number of amides is 2. The number of Topliss-reactive ketones (excluding diaryl/α,β-unsaturated/α-hetero) is 1. The second-order valence-electron chi connectivity index (χ2n) is 11.6. The highest BCUT2D eigenvalue weighted by molar-refractivity contribution is 5.99. The molecule has 4 atom stereocenters. The third kappa shape index (κ3) is 5.35. The van der Waals surface area contributed by atoms with Crippen molar-refractivity contribution in [3.8, 4) is 0 Å². The van der Waals surface area contributed by atoms with E-state index in [2.05, 4.69) is 33.7 Å². The Labute approximate surface area is 229 Å². The zero-order valence-electron chi connectivity index (χ0n) is 22.9. The SMILES string of the molecule is CC(C)N1CCN(c2ccc(C(N)=O)c([C@@H](C(=O)N3C[C@@H](N=[N+]=[N-])[C@H]4OCC(=O)[C@H]43)C3CCCCC3)c2)CC1. The molecule has 3 heterocycles. The van der Waals surface area contributed by atoms with Crippen LogP contribution in [0, 0.1) is 5.92 Å². The number of rotatable bonds is 7. The van der Waals surface area contributed by atoms with E-state index < -0.39 is 30.0 Å². The lowest BCUT2D eigenvalue weighted by atomic mass is 9.74. The molecule has 3 saturated heterocycles. The first kappa shape index (κ1) is 27.4. The van der Waals surface area contributed by atoms with Gasteiger partial charge in [-0.15, -0.1) is 0 Å². The fraction of sp³-hybridized carbons (Fsp3) is 0.679. The van der Waals surface area contributed by atoms with Crippen LogP contribution in [0.5, 0.6) is 0 Å². The van der Waals surface area contributed by atoms with Gasteiger partial charge in [0.1, 0.15) is 12.6 Å². The minimum Gasteiger partial charge on any atom is -0.369 e. The van der Waals surface area contributed by atoms with Crippen molar-refractivity contribution in [3.63, 3.8) is 0 Å². The van der Waals surface area contributed by atoms with Crippen LogP contribution in [0.4, 0.5) is 5.69 Å². The number of azide groups is 1. The van der Waals surface area contributed by atoms with Crippen molar-refractivity contribution in [2.45, 2.75) is 76.1 Å².